The van der Waals surface area contributed by atoms with Gasteiger partial charge in [-0.2, -0.15) is 13.2 Å². The number of rotatable bonds is 6. The van der Waals surface area contributed by atoms with Crippen molar-refractivity contribution in [1.29, 1.82) is 0 Å². The zero-order chi connectivity index (χ0) is 14.3. The molecule has 0 atom stereocenters. The Morgan fingerprint density at radius 3 is 2.32 bits per heavy atom. The first kappa shape index (κ1) is 16.0. The Labute approximate surface area is 109 Å². The fourth-order valence-corrected chi connectivity index (χ4v) is 1.81. The van der Waals surface area contributed by atoms with Gasteiger partial charge >= 0.3 is 6.18 Å². The van der Waals surface area contributed by atoms with Crippen molar-refractivity contribution in [3.63, 3.8) is 0 Å². The van der Waals surface area contributed by atoms with E-state index < -0.39 is 12.8 Å². The van der Waals surface area contributed by atoms with Crippen LogP contribution in [-0.4, -0.2) is 79.5 Å². The van der Waals surface area contributed by atoms with Gasteiger partial charge in [-0.1, -0.05) is 5.16 Å². The van der Waals surface area contributed by atoms with E-state index in [0.29, 0.717) is 13.1 Å². The molecule has 1 rings (SSSR count). The molecule has 3 N–H and O–H groups in total. The van der Waals surface area contributed by atoms with E-state index in [1.54, 1.807) is 0 Å². The van der Waals surface area contributed by atoms with Crippen molar-refractivity contribution in [2.24, 2.45) is 10.9 Å². The van der Waals surface area contributed by atoms with E-state index in [1.165, 1.54) is 0 Å². The van der Waals surface area contributed by atoms with Crippen LogP contribution in [0.4, 0.5) is 13.2 Å². The monoisotopic (exact) mass is 284 g/mol. The van der Waals surface area contributed by atoms with Gasteiger partial charge in [0.25, 0.3) is 0 Å². The molecule has 9 heteroatoms. The molecule has 1 aliphatic heterocycles. The highest BCUT2D eigenvalue weighted by atomic mass is 19.4. The first-order valence-electron chi connectivity index (χ1n) is 5.96. The van der Waals surface area contributed by atoms with Crippen LogP contribution in [0.3, 0.4) is 0 Å². The Morgan fingerprint density at radius 1 is 1.21 bits per heavy atom. The minimum atomic E-state index is -4.26. The van der Waals surface area contributed by atoms with E-state index in [1.807, 2.05) is 9.80 Å². The van der Waals surface area contributed by atoms with Crippen LogP contribution in [0.25, 0.3) is 0 Å². The number of nitrogens with zero attached hydrogens (tertiary/aromatic N) is 3. The second-order valence-electron chi connectivity index (χ2n) is 4.38. The quantitative estimate of drug-likeness (QED) is 0.235. The number of halogens is 3. The summed E-state index contributed by atoms with van der Waals surface area (Å²) in [5.41, 5.74) is 5.40. The molecule has 0 aromatic heterocycles. The summed E-state index contributed by atoms with van der Waals surface area (Å²) in [6, 6.07) is 0. The van der Waals surface area contributed by atoms with Gasteiger partial charge in [-0.3, -0.25) is 9.80 Å². The number of hydrogen-bond donors (Lipinski definition) is 2. The maximum atomic E-state index is 11.8. The van der Waals surface area contributed by atoms with Crippen LogP contribution in [0.1, 0.15) is 0 Å². The second kappa shape index (κ2) is 7.51. The average Bonchev–Trinajstić information content (AvgIpc) is 2.35. The normalized spacial score (nSPS) is 19.8. The van der Waals surface area contributed by atoms with Gasteiger partial charge in [-0.15, -0.1) is 0 Å². The molecule has 1 saturated heterocycles. The lowest BCUT2D eigenvalue weighted by Gasteiger charge is -2.34. The molecule has 1 aliphatic rings. The van der Waals surface area contributed by atoms with Gasteiger partial charge < -0.3 is 15.7 Å². The number of ether oxygens (including phenoxy) is 1. The molecule has 0 aromatic rings. The number of nitrogens with two attached hydrogens (primary N) is 1. The van der Waals surface area contributed by atoms with Crippen LogP contribution < -0.4 is 5.73 Å². The van der Waals surface area contributed by atoms with Crippen LogP contribution in [0.2, 0.25) is 0 Å². The van der Waals surface area contributed by atoms with Crippen LogP contribution >= 0.6 is 0 Å². The van der Waals surface area contributed by atoms with Gasteiger partial charge in [-0.05, 0) is 0 Å². The van der Waals surface area contributed by atoms with Crippen LogP contribution in [0.15, 0.2) is 5.16 Å². The maximum Gasteiger partial charge on any atom is 0.411 e. The zero-order valence-electron chi connectivity index (χ0n) is 10.6. The summed E-state index contributed by atoms with van der Waals surface area (Å²) in [6.07, 6.45) is -4.26. The van der Waals surface area contributed by atoms with Crippen molar-refractivity contribution < 1.29 is 23.1 Å². The Kier molecular flexibility index (Phi) is 6.32. The van der Waals surface area contributed by atoms with E-state index >= 15 is 0 Å². The van der Waals surface area contributed by atoms with Gasteiger partial charge in [0.1, 0.15) is 6.61 Å². The average molecular weight is 284 g/mol. The minimum Gasteiger partial charge on any atom is -0.409 e. The summed E-state index contributed by atoms with van der Waals surface area (Å²) in [4.78, 5) is 4.04. The lowest BCUT2D eigenvalue weighted by molar-refractivity contribution is -0.174. The molecular weight excluding hydrogens is 265 g/mol. The van der Waals surface area contributed by atoms with Crippen LogP contribution in [-0.2, 0) is 4.74 Å². The van der Waals surface area contributed by atoms with Crippen molar-refractivity contribution in [3.05, 3.63) is 0 Å². The summed E-state index contributed by atoms with van der Waals surface area (Å²) >= 11 is 0. The molecule has 0 spiro atoms. The third-order valence-corrected chi connectivity index (χ3v) is 2.80. The van der Waals surface area contributed by atoms with E-state index in [-0.39, 0.29) is 12.4 Å². The number of piperazine rings is 1. The Morgan fingerprint density at radius 2 is 1.79 bits per heavy atom. The fourth-order valence-electron chi connectivity index (χ4n) is 1.81. The smallest absolute Gasteiger partial charge is 0.409 e. The van der Waals surface area contributed by atoms with Gasteiger partial charge in [0.15, 0.2) is 5.84 Å². The lowest BCUT2D eigenvalue weighted by Crippen LogP contribution is -2.49. The molecule has 0 bridgehead atoms. The Balaban J connectivity index is 2.10. The topological polar surface area (TPSA) is 74.3 Å². The number of alkyl halides is 3. The van der Waals surface area contributed by atoms with Crippen LogP contribution in [0, 0.1) is 0 Å². The van der Waals surface area contributed by atoms with Gasteiger partial charge in [0.2, 0.25) is 0 Å². The standard InChI is InChI=1S/C10H19F3N4O2/c11-10(12,13)8-19-6-5-16-1-3-17(4-2-16)7-9(14)15-18/h18H,1-8H2,(H2,14,15). The first-order valence-corrected chi connectivity index (χ1v) is 5.96. The lowest BCUT2D eigenvalue weighted by atomic mass is 10.3. The molecule has 112 valence electrons. The number of hydrogen-bond acceptors (Lipinski definition) is 5. The third-order valence-electron chi connectivity index (χ3n) is 2.80. The predicted molar refractivity (Wildman–Crippen MR) is 63.2 cm³/mol. The molecular formula is C10H19F3N4O2. The summed E-state index contributed by atoms with van der Waals surface area (Å²) in [7, 11) is 0. The summed E-state index contributed by atoms with van der Waals surface area (Å²) < 4.78 is 40.1. The number of amidine groups is 1. The molecule has 0 saturated carbocycles. The van der Waals surface area contributed by atoms with Crippen molar-refractivity contribution >= 4 is 5.84 Å². The molecule has 0 aromatic carbocycles. The van der Waals surface area contributed by atoms with E-state index in [4.69, 9.17) is 10.9 Å². The highest BCUT2D eigenvalue weighted by molar-refractivity contribution is 5.81. The molecule has 0 unspecified atom stereocenters. The van der Waals surface area contributed by atoms with Crippen molar-refractivity contribution in [1.82, 2.24) is 9.80 Å². The van der Waals surface area contributed by atoms with E-state index in [0.717, 1.165) is 26.2 Å². The Hall–Kier alpha value is -1.06. The van der Waals surface area contributed by atoms with Crippen molar-refractivity contribution in [2.75, 3.05) is 52.5 Å². The molecule has 0 radical (unpaired) electrons. The molecule has 19 heavy (non-hydrogen) atoms. The minimum absolute atomic E-state index is 0.0692. The van der Waals surface area contributed by atoms with Gasteiger partial charge in [-0.25, -0.2) is 0 Å². The summed E-state index contributed by atoms with van der Waals surface area (Å²) in [6.45, 7) is 2.67. The Bertz CT molecular complexity index is 291. The predicted octanol–water partition coefficient (Wildman–Crippen LogP) is -0.0707. The fraction of sp³-hybridized carbons (Fsp3) is 0.900. The first-order chi connectivity index (χ1) is 8.90. The molecule has 0 aliphatic carbocycles. The third kappa shape index (κ3) is 7.19. The van der Waals surface area contributed by atoms with Crippen molar-refractivity contribution in [2.45, 2.75) is 6.18 Å². The van der Waals surface area contributed by atoms with E-state index in [9.17, 15) is 13.2 Å². The van der Waals surface area contributed by atoms with Crippen molar-refractivity contribution in [3.8, 4) is 0 Å². The molecule has 0 amide bonds. The van der Waals surface area contributed by atoms with E-state index in [2.05, 4.69) is 9.89 Å². The van der Waals surface area contributed by atoms with Gasteiger partial charge in [0, 0.05) is 32.7 Å². The van der Waals surface area contributed by atoms with Gasteiger partial charge in [0.05, 0.1) is 13.2 Å². The summed E-state index contributed by atoms with van der Waals surface area (Å²) in [5, 5.41) is 11.3. The molecule has 1 fully saturated rings. The second-order valence-corrected chi connectivity index (χ2v) is 4.38. The highest BCUT2D eigenvalue weighted by Gasteiger charge is 2.27. The molecule has 1 heterocycles. The summed E-state index contributed by atoms with van der Waals surface area (Å²) in [5.74, 6) is 0.155. The van der Waals surface area contributed by atoms with Crippen LogP contribution in [0.5, 0.6) is 0 Å². The SMILES string of the molecule is NC(CN1CCN(CCOCC(F)(F)F)CC1)=NO. The molecule has 6 nitrogen and oxygen atoms in total. The maximum absolute atomic E-state index is 11.8. The largest absolute Gasteiger partial charge is 0.411 e. The number of oxime groups is 1. The highest BCUT2D eigenvalue weighted by Crippen LogP contribution is 2.14. The zero-order valence-corrected chi connectivity index (χ0v) is 10.6.